The van der Waals surface area contributed by atoms with Crippen LogP contribution in [0.2, 0.25) is 0 Å². The van der Waals surface area contributed by atoms with Gasteiger partial charge >= 0.3 is 0 Å². The van der Waals surface area contributed by atoms with Crippen LogP contribution in [0.15, 0.2) is 35.1 Å². The molecule has 0 atom stereocenters. The molecule has 2 aromatic rings. The normalized spacial score (nSPS) is 15.9. The molecule has 0 spiro atoms. The van der Waals surface area contributed by atoms with Crippen molar-refractivity contribution in [3.63, 3.8) is 0 Å². The Kier molecular flexibility index (Phi) is 4.27. The van der Waals surface area contributed by atoms with Gasteiger partial charge in [0.2, 0.25) is 11.5 Å². The molecule has 0 radical (unpaired) electrons. The van der Waals surface area contributed by atoms with Crippen molar-refractivity contribution in [2.75, 3.05) is 7.05 Å². The molecule has 1 aromatic carbocycles. The highest BCUT2D eigenvalue weighted by Gasteiger charge is 2.24. The maximum atomic E-state index is 12.6. The van der Waals surface area contributed by atoms with E-state index in [4.69, 9.17) is 0 Å². The average molecular weight is 298 g/mol. The van der Waals surface area contributed by atoms with Crippen LogP contribution < -0.4 is 5.56 Å². The maximum Gasteiger partial charge on any atom is 0.248 e. The van der Waals surface area contributed by atoms with E-state index in [1.807, 2.05) is 31.3 Å². The first-order chi connectivity index (χ1) is 10.6. The number of carbonyl (C=O) groups is 1. The molecule has 1 N–H and O–H groups in total. The van der Waals surface area contributed by atoms with Gasteiger partial charge in [0.1, 0.15) is 0 Å². The second kappa shape index (κ2) is 6.34. The number of nitrogens with one attached hydrogen (secondary N) is 1. The molecule has 0 saturated heterocycles. The van der Waals surface area contributed by atoms with Crippen molar-refractivity contribution >= 4 is 16.8 Å². The summed E-state index contributed by atoms with van der Waals surface area (Å²) in [5.41, 5.74) is 1.61. The molecule has 4 nitrogen and oxygen atoms in total. The topological polar surface area (TPSA) is 53.2 Å². The minimum absolute atomic E-state index is 0.118. The zero-order valence-electron chi connectivity index (χ0n) is 13.0. The molecule has 0 bridgehead atoms. The van der Waals surface area contributed by atoms with Crippen LogP contribution >= 0.6 is 0 Å². The number of carbonyl (C=O) groups excluding carboxylic acids is 1. The molecule has 1 heterocycles. The van der Waals surface area contributed by atoms with Crippen LogP contribution in [0.1, 0.15) is 37.7 Å². The fraction of sp³-hybridized carbons (Fsp3) is 0.444. The first-order valence-corrected chi connectivity index (χ1v) is 8.01. The molecule has 4 heteroatoms. The third-order valence-corrected chi connectivity index (χ3v) is 4.57. The van der Waals surface area contributed by atoms with Crippen molar-refractivity contribution in [1.82, 2.24) is 9.88 Å². The number of nitrogens with zero attached hydrogens (tertiary/aromatic N) is 1. The van der Waals surface area contributed by atoms with Gasteiger partial charge in [-0.25, -0.2) is 0 Å². The second-order valence-corrected chi connectivity index (χ2v) is 6.23. The second-order valence-electron chi connectivity index (χ2n) is 6.23. The van der Waals surface area contributed by atoms with Gasteiger partial charge in [0.25, 0.3) is 0 Å². The Bertz CT molecular complexity index is 729. The van der Waals surface area contributed by atoms with Crippen molar-refractivity contribution in [3.8, 4) is 0 Å². The van der Waals surface area contributed by atoms with Gasteiger partial charge in [-0.15, -0.1) is 0 Å². The minimum Gasteiger partial charge on any atom is -0.341 e. The van der Waals surface area contributed by atoms with Crippen LogP contribution in [0.25, 0.3) is 10.9 Å². The van der Waals surface area contributed by atoms with Gasteiger partial charge in [0, 0.05) is 36.5 Å². The van der Waals surface area contributed by atoms with E-state index in [0.717, 1.165) is 42.1 Å². The molecule has 116 valence electrons. The predicted molar refractivity (Wildman–Crippen MR) is 87.6 cm³/mol. The molecule has 1 fully saturated rings. The Labute approximate surface area is 130 Å². The van der Waals surface area contributed by atoms with Crippen LogP contribution in [0.5, 0.6) is 0 Å². The first-order valence-electron chi connectivity index (χ1n) is 8.01. The van der Waals surface area contributed by atoms with E-state index in [1.165, 1.54) is 6.42 Å². The van der Waals surface area contributed by atoms with Gasteiger partial charge in [0.15, 0.2) is 0 Å². The number of para-hydroxylation sites is 1. The van der Waals surface area contributed by atoms with E-state index in [1.54, 1.807) is 11.0 Å². The van der Waals surface area contributed by atoms with Crippen molar-refractivity contribution in [3.05, 3.63) is 46.2 Å². The number of aromatic amines is 1. The van der Waals surface area contributed by atoms with E-state index in [-0.39, 0.29) is 17.4 Å². The molecule has 3 rings (SSSR count). The lowest BCUT2D eigenvalue weighted by atomic mass is 9.88. The molecule has 0 aliphatic heterocycles. The largest absolute Gasteiger partial charge is 0.341 e. The number of benzene rings is 1. The quantitative estimate of drug-likeness (QED) is 0.947. The highest BCUT2D eigenvalue weighted by molar-refractivity contribution is 5.83. The molecule has 1 aliphatic carbocycles. The maximum absolute atomic E-state index is 12.6. The number of rotatable bonds is 3. The van der Waals surface area contributed by atoms with E-state index >= 15 is 0 Å². The van der Waals surface area contributed by atoms with Crippen molar-refractivity contribution in [2.24, 2.45) is 5.92 Å². The molecule has 1 saturated carbocycles. The Morgan fingerprint density at radius 3 is 2.73 bits per heavy atom. The van der Waals surface area contributed by atoms with E-state index < -0.39 is 0 Å². The SMILES string of the molecule is CN(Cc1cc(=O)[nH]c2ccccc12)C(=O)C1CCCCC1. The highest BCUT2D eigenvalue weighted by Crippen LogP contribution is 2.26. The van der Waals surface area contributed by atoms with Gasteiger partial charge in [-0.1, -0.05) is 37.5 Å². The monoisotopic (exact) mass is 298 g/mol. The Hall–Kier alpha value is -2.10. The van der Waals surface area contributed by atoms with Gasteiger partial charge in [-0.05, 0) is 24.5 Å². The lowest BCUT2D eigenvalue weighted by molar-refractivity contribution is -0.135. The summed E-state index contributed by atoms with van der Waals surface area (Å²) in [6.07, 6.45) is 5.54. The third kappa shape index (κ3) is 3.06. The zero-order chi connectivity index (χ0) is 15.5. The number of pyridine rings is 1. The summed E-state index contributed by atoms with van der Waals surface area (Å²) in [5, 5.41) is 1.00. The molecule has 0 unspecified atom stereocenters. The number of H-pyrrole nitrogens is 1. The van der Waals surface area contributed by atoms with Gasteiger partial charge in [0.05, 0.1) is 0 Å². The van der Waals surface area contributed by atoms with Crippen molar-refractivity contribution in [2.45, 2.75) is 38.6 Å². The third-order valence-electron chi connectivity index (χ3n) is 4.57. The molecule has 1 amide bonds. The van der Waals surface area contributed by atoms with Gasteiger partial charge < -0.3 is 9.88 Å². The number of fused-ring (bicyclic) bond motifs is 1. The summed E-state index contributed by atoms with van der Waals surface area (Å²) in [5.74, 6) is 0.371. The summed E-state index contributed by atoms with van der Waals surface area (Å²) < 4.78 is 0. The summed E-state index contributed by atoms with van der Waals surface area (Å²) in [7, 11) is 1.84. The van der Waals surface area contributed by atoms with Gasteiger partial charge in [-0.3, -0.25) is 9.59 Å². The van der Waals surface area contributed by atoms with Crippen LogP contribution in [-0.2, 0) is 11.3 Å². The van der Waals surface area contributed by atoms with Crippen LogP contribution in [-0.4, -0.2) is 22.8 Å². The minimum atomic E-state index is -0.118. The number of amides is 1. The molecule has 1 aliphatic rings. The number of hydrogen-bond acceptors (Lipinski definition) is 2. The van der Waals surface area contributed by atoms with Crippen molar-refractivity contribution in [1.29, 1.82) is 0 Å². The average Bonchev–Trinajstić information content (AvgIpc) is 2.54. The number of hydrogen-bond donors (Lipinski definition) is 1. The standard InChI is InChI=1S/C18H22N2O2/c1-20(18(22)13-7-3-2-4-8-13)12-14-11-17(21)19-16-10-6-5-9-15(14)16/h5-6,9-11,13H,2-4,7-8,12H2,1H3,(H,19,21). The summed E-state index contributed by atoms with van der Waals surface area (Å²) in [6, 6.07) is 9.34. The lowest BCUT2D eigenvalue weighted by Crippen LogP contribution is -2.33. The molecule has 22 heavy (non-hydrogen) atoms. The lowest BCUT2D eigenvalue weighted by Gasteiger charge is -2.26. The fourth-order valence-electron chi connectivity index (χ4n) is 3.40. The van der Waals surface area contributed by atoms with E-state index in [2.05, 4.69) is 4.98 Å². The summed E-state index contributed by atoms with van der Waals surface area (Å²) in [4.78, 5) is 29.0. The van der Waals surface area contributed by atoms with E-state index in [0.29, 0.717) is 6.54 Å². The van der Waals surface area contributed by atoms with Crippen LogP contribution in [0, 0.1) is 5.92 Å². The Morgan fingerprint density at radius 2 is 1.95 bits per heavy atom. The smallest absolute Gasteiger partial charge is 0.248 e. The van der Waals surface area contributed by atoms with Crippen LogP contribution in [0.3, 0.4) is 0 Å². The molecular formula is C18H22N2O2. The molecular weight excluding hydrogens is 276 g/mol. The Balaban J connectivity index is 1.83. The first kappa shape index (κ1) is 14.8. The predicted octanol–water partition coefficient (Wildman–Crippen LogP) is 3.07. The van der Waals surface area contributed by atoms with Crippen molar-refractivity contribution < 1.29 is 4.79 Å². The summed E-state index contributed by atoms with van der Waals surface area (Å²) >= 11 is 0. The fourth-order valence-corrected chi connectivity index (χ4v) is 3.40. The zero-order valence-corrected chi connectivity index (χ0v) is 13.0. The summed E-state index contributed by atoms with van der Waals surface area (Å²) in [6.45, 7) is 0.486. The molecule has 1 aromatic heterocycles. The van der Waals surface area contributed by atoms with Gasteiger partial charge in [-0.2, -0.15) is 0 Å². The highest BCUT2D eigenvalue weighted by atomic mass is 16.2. The Morgan fingerprint density at radius 1 is 1.23 bits per heavy atom. The number of aromatic nitrogens is 1. The van der Waals surface area contributed by atoms with E-state index in [9.17, 15) is 9.59 Å². The van der Waals surface area contributed by atoms with Crippen LogP contribution in [0.4, 0.5) is 0 Å².